The third-order valence-corrected chi connectivity index (χ3v) is 4.37. The van der Waals surface area contributed by atoms with Crippen molar-refractivity contribution in [1.82, 2.24) is 0 Å². The van der Waals surface area contributed by atoms with Gasteiger partial charge >= 0.3 is 5.97 Å². The average molecular weight is 325 g/mol. The Morgan fingerprint density at radius 2 is 1.92 bits per heavy atom. The summed E-state index contributed by atoms with van der Waals surface area (Å²) in [5.41, 5.74) is 3.74. The normalized spacial score (nSPS) is 15.9. The number of anilines is 1. The van der Waals surface area contributed by atoms with Crippen LogP contribution in [0, 0.1) is 13.8 Å². The van der Waals surface area contributed by atoms with Crippen molar-refractivity contribution in [2.45, 2.75) is 26.3 Å². The monoisotopic (exact) mass is 325 g/mol. The fourth-order valence-corrected chi connectivity index (χ4v) is 2.91. The third-order valence-electron chi connectivity index (χ3n) is 4.37. The molecular formula is C19H19NO4. The van der Waals surface area contributed by atoms with Gasteiger partial charge in [0.15, 0.2) is 6.61 Å². The molecule has 0 spiro atoms. The number of ether oxygens (including phenoxy) is 1. The molecule has 1 N–H and O–H groups in total. The Hall–Kier alpha value is -2.82. The van der Waals surface area contributed by atoms with E-state index >= 15 is 0 Å². The fraction of sp³-hybridized carbons (Fsp3) is 0.263. The van der Waals surface area contributed by atoms with Gasteiger partial charge in [-0.2, -0.15) is 0 Å². The second-order valence-corrected chi connectivity index (χ2v) is 5.99. The zero-order chi connectivity index (χ0) is 17.3. The summed E-state index contributed by atoms with van der Waals surface area (Å²) in [5, 5.41) is 9.42. The number of aryl methyl sites for hydroxylation is 2. The van der Waals surface area contributed by atoms with Gasteiger partial charge in [-0.25, -0.2) is 4.79 Å². The van der Waals surface area contributed by atoms with Crippen LogP contribution >= 0.6 is 0 Å². The molecule has 124 valence electrons. The number of carbonyl (C=O) groups is 2. The molecule has 0 saturated heterocycles. The minimum absolute atomic E-state index is 0.194. The first-order chi connectivity index (χ1) is 11.5. The first kappa shape index (κ1) is 16.1. The molecule has 1 aliphatic heterocycles. The van der Waals surface area contributed by atoms with E-state index in [0.29, 0.717) is 17.9 Å². The van der Waals surface area contributed by atoms with E-state index in [1.54, 1.807) is 12.1 Å². The lowest BCUT2D eigenvalue weighted by Gasteiger charge is -2.22. The SMILES string of the molecule is Cc1ccc(OCC(=O)N2c3ccccc3CC2C(=O)O)cc1C. The summed E-state index contributed by atoms with van der Waals surface area (Å²) in [7, 11) is 0. The third kappa shape index (κ3) is 2.97. The molecule has 3 rings (SSSR count). The summed E-state index contributed by atoms with van der Waals surface area (Å²) in [6.07, 6.45) is 0.320. The zero-order valence-corrected chi connectivity index (χ0v) is 13.7. The van der Waals surface area contributed by atoms with Gasteiger partial charge in [-0.3, -0.25) is 9.69 Å². The molecule has 0 saturated carbocycles. The molecule has 2 aromatic carbocycles. The van der Waals surface area contributed by atoms with E-state index in [2.05, 4.69) is 0 Å². The Labute approximate surface area is 140 Å². The number of amides is 1. The van der Waals surface area contributed by atoms with Crippen LogP contribution in [0.2, 0.25) is 0 Å². The lowest BCUT2D eigenvalue weighted by Crippen LogP contribution is -2.45. The molecule has 1 unspecified atom stereocenters. The van der Waals surface area contributed by atoms with Crippen molar-refractivity contribution in [3.8, 4) is 5.75 Å². The standard InChI is InChI=1S/C19H19NO4/c1-12-7-8-15(9-13(12)2)24-11-18(21)20-16-6-4-3-5-14(16)10-17(20)19(22)23/h3-9,17H,10-11H2,1-2H3,(H,22,23). The van der Waals surface area contributed by atoms with Crippen molar-refractivity contribution in [2.24, 2.45) is 0 Å². The highest BCUT2D eigenvalue weighted by atomic mass is 16.5. The molecule has 5 nitrogen and oxygen atoms in total. The van der Waals surface area contributed by atoms with Gasteiger partial charge in [0.05, 0.1) is 0 Å². The van der Waals surface area contributed by atoms with Crippen molar-refractivity contribution < 1.29 is 19.4 Å². The number of carbonyl (C=O) groups excluding carboxylic acids is 1. The van der Waals surface area contributed by atoms with Crippen LogP contribution in [-0.4, -0.2) is 29.6 Å². The van der Waals surface area contributed by atoms with Crippen molar-refractivity contribution in [2.75, 3.05) is 11.5 Å². The molecule has 0 aliphatic carbocycles. The summed E-state index contributed by atoms with van der Waals surface area (Å²) < 4.78 is 5.57. The van der Waals surface area contributed by atoms with E-state index in [1.165, 1.54) is 4.90 Å². The first-order valence-electron chi connectivity index (χ1n) is 7.80. The number of rotatable bonds is 4. The predicted molar refractivity (Wildman–Crippen MR) is 90.5 cm³/mol. The fourth-order valence-electron chi connectivity index (χ4n) is 2.91. The molecule has 0 radical (unpaired) electrons. The average Bonchev–Trinajstić information content (AvgIpc) is 2.95. The number of hydrogen-bond donors (Lipinski definition) is 1. The largest absolute Gasteiger partial charge is 0.484 e. The van der Waals surface area contributed by atoms with Crippen LogP contribution in [0.3, 0.4) is 0 Å². The lowest BCUT2D eigenvalue weighted by atomic mass is 10.1. The van der Waals surface area contributed by atoms with Gasteiger partial charge in [-0.05, 0) is 48.7 Å². The van der Waals surface area contributed by atoms with Gasteiger partial charge < -0.3 is 9.84 Å². The summed E-state index contributed by atoms with van der Waals surface area (Å²) in [5.74, 6) is -0.762. The molecule has 1 atom stereocenters. The second kappa shape index (κ2) is 6.35. The summed E-state index contributed by atoms with van der Waals surface area (Å²) in [4.78, 5) is 25.4. The second-order valence-electron chi connectivity index (χ2n) is 5.99. The molecule has 0 aromatic heterocycles. The van der Waals surface area contributed by atoms with Crippen LogP contribution in [0.15, 0.2) is 42.5 Å². The topological polar surface area (TPSA) is 66.8 Å². The highest BCUT2D eigenvalue weighted by Gasteiger charge is 2.38. The molecular weight excluding hydrogens is 306 g/mol. The van der Waals surface area contributed by atoms with Gasteiger partial charge in [0.1, 0.15) is 11.8 Å². The van der Waals surface area contributed by atoms with E-state index in [1.807, 2.05) is 44.2 Å². The number of aliphatic carboxylic acids is 1. The predicted octanol–water partition coefficient (Wildman–Crippen LogP) is 2.72. The molecule has 1 aliphatic rings. The number of fused-ring (bicyclic) bond motifs is 1. The summed E-state index contributed by atoms with van der Waals surface area (Å²) in [6.45, 7) is 3.78. The van der Waals surface area contributed by atoms with Gasteiger partial charge in [-0.15, -0.1) is 0 Å². The maximum Gasteiger partial charge on any atom is 0.327 e. The maximum absolute atomic E-state index is 12.6. The summed E-state index contributed by atoms with van der Waals surface area (Å²) in [6, 6.07) is 12.0. The van der Waals surface area contributed by atoms with Gasteiger partial charge in [0, 0.05) is 12.1 Å². The maximum atomic E-state index is 12.6. The quantitative estimate of drug-likeness (QED) is 0.938. The zero-order valence-electron chi connectivity index (χ0n) is 13.7. The molecule has 1 amide bonds. The Bertz CT molecular complexity index is 800. The summed E-state index contributed by atoms with van der Waals surface area (Å²) >= 11 is 0. The molecule has 1 heterocycles. The van der Waals surface area contributed by atoms with Crippen LogP contribution in [0.25, 0.3) is 0 Å². The number of nitrogens with zero attached hydrogens (tertiary/aromatic N) is 1. The molecule has 2 aromatic rings. The van der Waals surface area contributed by atoms with E-state index in [0.717, 1.165) is 16.7 Å². The Morgan fingerprint density at radius 1 is 1.17 bits per heavy atom. The first-order valence-corrected chi connectivity index (χ1v) is 7.80. The van der Waals surface area contributed by atoms with Gasteiger partial charge in [-0.1, -0.05) is 24.3 Å². The molecule has 24 heavy (non-hydrogen) atoms. The van der Waals surface area contributed by atoms with E-state index in [-0.39, 0.29) is 12.5 Å². The number of hydrogen-bond acceptors (Lipinski definition) is 3. The van der Waals surface area contributed by atoms with Crippen molar-refractivity contribution in [3.05, 3.63) is 59.2 Å². The Morgan fingerprint density at radius 3 is 2.62 bits per heavy atom. The minimum atomic E-state index is -1.01. The molecule has 0 fully saturated rings. The Kier molecular flexibility index (Phi) is 4.25. The van der Waals surface area contributed by atoms with Crippen LogP contribution in [-0.2, 0) is 16.0 Å². The van der Waals surface area contributed by atoms with Crippen LogP contribution < -0.4 is 9.64 Å². The van der Waals surface area contributed by atoms with Crippen molar-refractivity contribution in [3.63, 3.8) is 0 Å². The highest BCUT2D eigenvalue weighted by molar-refractivity contribution is 6.02. The lowest BCUT2D eigenvalue weighted by molar-refractivity contribution is -0.140. The van der Waals surface area contributed by atoms with E-state index in [9.17, 15) is 14.7 Å². The van der Waals surface area contributed by atoms with Gasteiger partial charge in [0.2, 0.25) is 0 Å². The minimum Gasteiger partial charge on any atom is -0.484 e. The van der Waals surface area contributed by atoms with Crippen molar-refractivity contribution in [1.29, 1.82) is 0 Å². The van der Waals surface area contributed by atoms with Crippen LogP contribution in [0.4, 0.5) is 5.69 Å². The number of benzene rings is 2. The highest BCUT2D eigenvalue weighted by Crippen LogP contribution is 2.32. The van der Waals surface area contributed by atoms with Crippen molar-refractivity contribution >= 4 is 17.6 Å². The number of para-hydroxylation sites is 1. The van der Waals surface area contributed by atoms with E-state index < -0.39 is 12.0 Å². The van der Waals surface area contributed by atoms with Gasteiger partial charge in [0.25, 0.3) is 5.91 Å². The van der Waals surface area contributed by atoms with Crippen LogP contribution in [0.1, 0.15) is 16.7 Å². The van der Waals surface area contributed by atoms with E-state index in [4.69, 9.17) is 4.74 Å². The number of carboxylic acids is 1. The Balaban J connectivity index is 1.77. The molecule has 5 heteroatoms. The molecule has 0 bridgehead atoms. The number of carboxylic acid groups (broad SMARTS) is 1. The smallest absolute Gasteiger partial charge is 0.327 e. The van der Waals surface area contributed by atoms with Crippen LogP contribution in [0.5, 0.6) is 5.75 Å².